The van der Waals surface area contributed by atoms with E-state index in [1.54, 1.807) is 24.3 Å². The molecule has 7 heteroatoms. The minimum Gasteiger partial charge on any atom is -0.378 e. The molecule has 1 aliphatic rings. The average Bonchev–Trinajstić information content (AvgIpc) is 2.79. The Labute approximate surface area is 176 Å². The maximum absolute atomic E-state index is 12.3. The monoisotopic (exact) mass is 409 g/mol. The van der Waals surface area contributed by atoms with Gasteiger partial charge in [-0.3, -0.25) is 14.4 Å². The standard InChI is InChI=1S/C23H27N3O4/c27-21(7-4-12-24-23(29)19-5-2-1-3-6-19)25-20-10-8-18(9-11-20)17-22(28)26-13-15-30-16-14-26/h1-3,5-6,8-11H,4,7,12-17H2,(H,24,29)(H,25,27). The predicted molar refractivity (Wildman–Crippen MR) is 114 cm³/mol. The molecule has 30 heavy (non-hydrogen) atoms. The summed E-state index contributed by atoms with van der Waals surface area (Å²) in [6.45, 7) is 2.89. The molecule has 1 saturated heterocycles. The van der Waals surface area contributed by atoms with Crippen molar-refractivity contribution < 1.29 is 19.1 Å². The Balaban J connectivity index is 1.36. The molecule has 0 radical (unpaired) electrons. The number of amides is 3. The van der Waals surface area contributed by atoms with Gasteiger partial charge in [-0.2, -0.15) is 0 Å². The summed E-state index contributed by atoms with van der Waals surface area (Å²) < 4.78 is 5.27. The first-order valence-electron chi connectivity index (χ1n) is 10.2. The largest absolute Gasteiger partial charge is 0.378 e. The van der Waals surface area contributed by atoms with E-state index in [2.05, 4.69) is 10.6 Å². The number of carbonyl (C=O) groups excluding carboxylic acids is 3. The number of nitrogens with one attached hydrogen (secondary N) is 2. The highest BCUT2D eigenvalue weighted by atomic mass is 16.5. The fourth-order valence-corrected chi connectivity index (χ4v) is 3.17. The van der Waals surface area contributed by atoms with Gasteiger partial charge in [-0.15, -0.1) is 0 Å². The Morgan fingerprint density at radius 1 is 0.933 bits per heavy atom. The second-order valence-corrected chi connectivity index (χ2v) is 7.14. The third-order valence-corrected chi connectivity index (χ3v) is 4.86. The Bertz CT molecular complexity index is 847. The van der Waals surface area contributed by atoms with Crippen LogP contribution in [0.15, 0.2) is 54.6 Å². The molecule has 1 fully saturated rings. The van der Waals surface area contributed by atoms with Crippen molar-refractivity contribution in [3.63, 3.8) is 0 Å². The third kappa shape index (κ3) is 6.70. The zero-order valence-electron chi connectivity index (χ0n) is 16.9. The molecule has 1 aliphatic heterocycles. The van der Waals surface area contributed by atoms with E-state index in [0.29, 0.717) is 63.4 Å². The normalized spacial score (nSPS) is 13.5. The second-order valence-electron chi connectivity index (χ2n) is 7.14. The molecule has 158 valence electrons. The van der Waals surface area contributed by atoms with Gasteiger partial charge < -0.3 is 20.3 Å². The van der Waals surface area contributed by atoms with E-state index < -0.39 is 0 Å². The fourth-order valence-electron chi connectivity index (χ4n) is 3.17. The first kappa shape index (κ1) is 21.5. The summed E-state index contributed by atoms with van der Waals surface area (Å²) in [4.78, 5) is 38.1. The predicted octanol–water partition coefficient (Wildman–Crippen LogP) is 2.24. The molecule has 1 heterocycles. The molecule has 2 aromatic rings. The van der Waals surface area contributed by atoms with Crippen LogP contribution in [0.1, 0.15) is 28.8 Å². The van der Waals surface area contributed by atoms with Gasteiger partial charge in [0.1, 0.15) is 0 Å². The van der Waals surface area contributed by atoms with Crippen LogP contribution in [-0.4, -0.2) is 55.5 Å². The molecule has 0 aliphatic carbocycles. The topological polar surface area (TPSA) is 87.7 Å². The van der Waals surface area contributed by atoms with Crippen LogP contribution in [0.4, 0.5) is 5.69 Å². The van der Waals surface area contributed by atoms with Gasteiger partial charge in [-0.25, -0.2) is 0 Å². The fraction of sp³-hybridized carbons (Fsp3) is 0.348. The van der Waals surface area contributed by atoms with Gasteiger partial charge in [0, 0.05) is 37.3 Å². The molecule has 7 nitrogen and oxygen atoms in total. The van der Waals surface area contributed by atoms with E-state index in [1.807, 2.05) is 35.2 Å². The van der Waals surface area contributed by atoms with Crippen LogP contribution in [0.25, 0.3) is 0 Å². The molecule has 3 amide bonds. The number of carbonyl (C=O) groups is 3. The van der Waals surface area contributed by atoms with Gasteiger partial charge in [0.2, 0.25) is 11.8 Å². The minimum absolute atomic E-state index is 0.0904. The maximum Gasteiger partial charge on any atom is 0.251 e. The van der Waals surface area contributed by atoms with Gasteiger partial charge in [-0.05, 0) is 36.2 Å². The van der Waals surface area contributed by atoms with Crippen molar-refractivity contribution >= 4 is 23.4 Å². The summed E-state index contributed by atoms with van der Waals surface area (Å²) >= 11 is 0. The van der Waals surface area contributed by atoms with E-state index in [9.17, 15) is 14.4 Å². The van der Waals surface area contributed by atoms with Crippen molar-refractivity contribution in [2.75, 3.05) is 38.2 Å². The van der Waals surface area contributed by atoms with Gasteiger partial charge in [0.05, 0.1) is 19.6 Å². The van der Waals surface area contributed by atoms with Gasteiger partial charge >= 0.3 is 0 Å². The molecular weight excluding hydrogens is 382 g/mol. The summed E-state index contributed by atoms with van der Waals surface area (Å²) in [6.07, 6.45) is 1.21. The molecule has 3 rings (SSSR count). The lowest BCUT2D eigenvalue weighted by molar-refractivity contribution is -0.134. The van der Waals surface area contributed by atoms with Gasteiger partial charge in [0.15, 0.2) is 0 Å². The van der Waals surface area contributed by atoms with Crippen LogP contribution in [-0.2, 0) is 20.7 Å². The van der Waals surface area contributed by atoms with Crippen LogP contribution in [0.2, 0.25) is 0 Å². The highest BCUT2D eigenvalue weighted by Crippen LogP contribution is 2.12. The lowest BCUT2D eigenvalue weighted by Gasteiger charge is -2.26. The van der Waals surface area contributed by atoms with Crippen molar-refractivity contribution in [1.82, 2.24) is 10.2 Å². The van der Waals surface area contributed by atoms with Crippen LogP contribution in [0.5, 0.6) is 0 Å². The Morgan fingerprint density at radius 2 is 1.63 bits per heavy atom. The Kier molecular flexibility index (Phi) is 7.97. The van der Waals surface area contributed by atoms with Crippen LogP contribution >= 0.6 is 0 Å². The third-order valence-electron chi connectivity index (χ3n) is 4.86. The lowest BCUT2D eigenvalue weighted by Crippen LogP contribution is -2.41. The number of benzene rings is 2. The SMILES string of the molecule is O=C(CCCNC(=O)c1ccccc1)Nc1ccc(CC(=O)N2CCOCC2)cc1. The molecule has 0 unspecified atom stereocenters. The maximum atomic E-state index is 12.3. The summed E-state index contributed by atoms with van der Waals surface area (Å²) in [5.74, 6) is -0.160. The summed E-state index contributed by atoms with van der Waals surface area (Å²) in [7, 11) is 0. The van der Waals surface area contributed by atoms with E-state index in [0.717, 1.165) is 5.56 Å². The zero-order chi connectivity index (χ0) is 21.2. The van der Waals surface area contributed by atoms with Crippen molar-refractivity contribution in [2.45, 2.75) is 19.3 Å². The number of hydrogen-bond acceptors (Lipinski definition) is 4. The number of anilines is 1. The second kappa shape index (κ2) is 11.1. The number of rotatable bonds is 8. The molecule has 0 spiro atoms. The average molecular weight is 409 g/mol. The molecule has 0 bridgehead atoms. The highest BCUT2D eigenvalue weighted by molar-refractivity contribution is 5.94. The lowest BCUT2D eigenvalue weighted by atomic mass is 10.1. The molecule has 0 atom stereocenters. The van der Waals surface area contributed by atoms with Crippen molar-refractivity contribution in [3.05, 3.63) is 65.7 Å². The molecule has 0 saturated carbocycles. The zero-order valence-corrected chi connectivity index (χ0v) is 16.9. The van der Waals surface area contributed by atoms with E-state index in [1.165, 1.54) is 0 Å². The smallest absolute Gasteiger partial charge is 0.251 e. The van der Waals surface area contributed by atoms with Crippen molar-refractivity contribution in [1.29, 1.82) is 0 Å². The highest BCUT2D eigenvalue weighted by Gasteiger charge is 2.16. The summed E-state index contributed by atoms with van der Waals surface area (Å²) in [5, 5.41) is 5.65. The summed E-state index contributed by atoms with van der Waals surface area (Å²) in [6, 6.07) is 16.3. The minimum atomic E-state index is -0.141. The first-order valence-corrected chi connectivity index (χ1v) is 10.2. The summed E-state index contributed by atoms with van der Waals surface area (Å²) in [5.41, 5.74) is 2.21. The van der Waals surface area contributed by atoms with Crippen LogP contribution in [0.3, 0.4) is 0 Å². The number of hydrogen-bond donors (Lipinski definition) is 2. The Morgan fingerprint density at radius 3 is 2.33 bits per heavy atom. The van der Waals surface area contributed by atoms with E-state index >= 15 is 0 Å². The van der Waals surface area contributed by atoms with Gasteiger partial charge in [-0.1, -0.05) is 30.3 Å². The van der Waals surface area contributed by atoms with Crippen LogP contribution in [0, 0.1) is 0 Å². The molecule has 2 N–H and O–H groups in total. The first-order chi connectivity index (χ1) is 14.6. The van der Waals surface area contributed by atoms with Gasteiger partial charge in [0.25, 0.3) is 5.91 Å². The molecule has 0 aromatic heterocycles. The number of ether oxygens (including phenoxy) is 1. The molecule has 2 aromatic carbocycles. The van der Waals surface area contributed by atoms with E-state index in [-0.39, 0.29) is 17.7 Å². The molecular formula is C23H27N3O4. The quantitative estimate of drug-likeness (QED) is 0.655. The number of nitrogens with zero attached hydrogens (tertiary/aromatic N) is 1. The van der Waals surface area contributed by atoms with Crippen molar-refractivity contribution in [2.24, 2.45) is 0 Å². The Hall–Kier alpha value is -3.19. The van der Waals surface area contributed by atoms with Crippen LogP contribution < -0.4 is 10.6 Å². The number of morpholine rings is 1. The van der Waals surface area contributed by atoms with E-state index in [4.69, 9.17) is 4.74 Å². The van der Waals surface area contributed by atoms with Crippen molar-refractivity contribution in [3.8, 4) is 0 Å².